The number of likely N-dealkylation sites (tertiary alicyclic amines) is 1. The number of pyridine rings is 1. The van der Waals surface area contributed by atoms with Crippen LogP contribution in [-0.4, -0.2) is 208 Å². The molecule has 5 aromatic rings. The van der Waals surface area contributed by atoms with E-state index < -0.39 is 150 Å². The van der Waals surface area contributed by atoms with Gasteiger partial charge in [0, 0.05) is 90.0 Å². The van der Waals surface area contributed by atoms with Crippen molar-refractivity contribution in [2.75, 3.05) is 32.8 Å². The van der Waals surface area contributed by atoms with Crippen LogP contribution in [-0.2, 0) is 92.8 Å². The number of rotatable bonds is 44. The molecule has 20 N–H and O–H groups in total. The number of halogens is 1. The number of aliphatic hydroxyl groups is 1. The van der Waals surface area contributed by atoms with Crippen molar-refractivity contribution in [1.29, 1.82) is 5.41 Å². The summed E-state index contributed by atoms with van der Waals surface area (Å²) in [6.45, 7) is 7.74. The number of aromatic hydroxyl groups is 1. The maximum absolute atomic E-state index is 15.2. The van der Waals surface area contributed by atoms with Crippen LogP contribution < -0.4 is 80.6 Å². The highest BCUT2D eigenvalue weighted by atomic mass is 35.5. The first kappa shape index (κ1) is 90.1. The lowest BCUT2D eigenvalue weighted by molar-refractivity contribution is -0.142. The lowest BCUT2D eigenvalue weighted by atomic mass is 9.99. The fourth-order valence-electron chi connectivity index (χ4n) is 12.6. The number of aromatic nitrogens is 1. The number of hydrogen-bond donors (Lipinski definition) is 18. The Kier molecular flexibility index (Phi) is 36.3. The molecule has 0 saturated carbocycles. The van der Waals surface area contributed by atoms with Crippen molar-refractivity contribution in [2.45, 2.75) is 191 Å². The van der Waals surface area contributed by atoms with Gasteiger partial charge in [-0.25, -0.2) is 0 Å². The summed E-state index contributed by atoms with van der Waals surface area (Å²) in [7, 11) is 0. The number of amides is 14. The van der Waals surface area contributed by atoms with E-state index in [1.54, 1.807) is 50.2 Å². The summed E-state index contributed by atoms with van der Waals surface area (Å²) in [4.78, 5) is 199. The molecule has 35 heteroatoms. The lowest BCUT2D eigenvalue weighted by Crippen LogP contribution is -2.61. The number of nitrogens with one attached hydrogen (secondary N) is 14. The fourth-order valence-corrected chi connectivity index (χ4v) is 12.7. The van der Waals surface area contributed by atoms with Gasteiger partial charge in [-0.2, -0.15) is 0 Å². The maximum Gasteiger partial charge on any atom is 0.245 e. The Morgan fingerprint density at radius 1 is 0.496 bits per heavy atom. The number of hydrogen-bond acceptors (Lipinski definition) is 18. The molecule has 0 spiro atoms. The minimum atomic E-state index is -1.88. The molecule has 34 nitrogen and oxygen atoms in total. The topological polar surface area (TPSA) is 528 Å². The molecule has 610 valence electrons. The van der Waals surface area contributed by atoms with Gasteiger partial charge in [0.2, 0.25) is 82.7 Å². The minimum Gasteiger partial charge on any atom is -0.508 e. The van der Waals surface area contributed by atoms with Crippen LogP contribution >= 0.6 is 11.6 Å². The van der Waals surface area contributed by atoms with E-state index in [0.29, 0.717) is 33.7 Å². The van der Waals surface area contributed by atoms with Gasteiger partial charge in [0.05, 0.1) is 6.61 Å². The average molecular weight is 1590 g/mol. The number of aliphatic hydroxyl groups excluding tert-OH is 1. The molecule has 1 aromatic heterocycles. The molecule has 1 saturated heterocycles. The number of carbonyl (C=O) groups is 14. The Morgan fingerprint density at radius 2 is 0.982 bits per heavy atom. The van der Waals surface area contributed by atoms with Gasteiger partial charge >= 0.3 is 0 Å². The van der Waals surface area contributed by atoms with Crippen LogP contribution in [0.5, 0.6) is 5.75 Å². The lowest BCUT2D eigenvalue weighted by Gasteiger charge is -2.31. The number of guanidine groups is 1. The number of nitrogens with two attached hydrogens (primary N) is 2. The van der Waals surface area contributed by atoms with Crippen LogP contribution in [0.3, 0.4) is 0 Å². The van der Waals surface area contributed by atoms with E-state index in [-0.39, 0.29) is 127 Å². The molecule has 6 rings (SSSR count). The molecule has 0 radical (unpaired) electrons. The Bertz CT molecular complexity index is 4140. The van der Waals surface area contributed by atoms with Crippen LogP contribution in [0.25, 0.3) is 10.8 Å². The molecule has 0 aliphatic carbocycles. The molecule has 113 heavy (non-hydrogen) atoms. The number of unbranched alkanes of at least 4 members (excludes halogenated alkanes) is 1. The minimum absolute atomic E-state index is 0.0120. The second kappa shape index (κ2) is 45.5. The van der Waals surface area contributed by atoms with Gasteiger partial charge < -0.3 is 95.7 Å². The molecule has 4 aromatic carbocycles. The Labute approximate surface area is 660 Å². The monoisotopic (exact) mass is 1580 g/mol. The predicted octanol–water partition coefficient (Wildman–Crippen LogP) is -0.637. The van der Waals surface area contributed by atoms with E-state index in [1.807, 2.05) is 42.5 Å². The molecule has 14 amide bonds. The molecular formula is C78H105ClN18O16. The van der Waals surface area contributed by atoms with Gasteiger partial charge in [-0.3, -0.25) is 77.5 Å². The van der Waals surface area contributed by atoms with E-state index in [4.69, 9.17) is 28.5 Å². The van der Waals surface area contributed by atoms with E-state index >= 15 is 9.59 Å². The SMILES string of the molecule is CC(=O)NCCC(NC(C)=O)C(=O)NCCCC[C@@H](NC(=O)[C@H](Cc1ccc(O)cc1)NC(=O)[C@H](CO)NC(=O)[C@@H](Cc1cccnc1)NC(=O)[C@@H](Cc1ccc(Cl)cc1)NC(=O)[C@@H](Cc1ccc2ccccc2c1)NC(C)=O)C(=O)N[C@@H](CC(C)C)C(=O)N[C@@H](CCCNC(=N)N)C(=O)N1CCC[C@H]1C(=O)N[C@H](C)C(N)=O. The molecule has 2 heterocycles. The summed E-state index contributed by atoms with van der Waals surface area (Å²) in [6.07, 6.45) is 2.75. The second-order valence-electron chi connectivity index (χ2n) is 28.3. The van der Waals surface area contributed by atoms with Crippen LogP contribution in [0.2, 0.25) is 5.02 Å². The average Bonchev–Trinajstić information content (AvgIpc) is 1.78. The van der Waals surface area contributed by atoms with Crippen molar-refractivity contribution in [3.05, 3.63) is 143 Å². The van der Waals surface area contributed by atoms with Gasteiger partial charge in [0.15, 0.2) is 5.96 Å². The summed E-state index contributed by atoms with van der Waals surface area (Å²) in [6, 6.07) is 12.9. The molecule has 1 fully saturated rings. The van der Waals surface area contributed by atoms with Crippen molar-refractivity contribution < 1.29 is 77.3 Å². The predicted molar refractivity (Wildman–Crippen MR) is 419 cm³/mol. The maximum atomic E-state index is 15.2. The van der Waals surface area contributed by atoms with Crippen LogP contribution in [0.15, 0.2) is 116 Å². The Balaban J connectivity index is 1.30. The molecular weight excluding hydrogens is 1480 g/mol. The molecule has 1 aliphatic heterocycles. The van der Waals surface area contributed by atoms with Gasteiger partial charge in [-0.15, -0.1) is 0 Å². The zero-order valence-electron chi connectivity index (χ0n) is 64.2. The highest BCUT2D eigenvalue weighted by Gasteiger charge is 2.41. The van der Waals surface area contributed by atoms with Gasteiger partial charge in [0.25, 0.3) is 0 Å². The van der Waals surface area contributed by atoms with Crippen molar-refractivity contribution in [1.82, 2.24) is 79.0 Å². The van der Waals surface area contributed by atoms with Crippen molar-refractivity contribution in [3.8, 4) is 5.75 Å². The second-order valence-corrected chi connectivity index (χ2v) is 28.7. The van der Waals surface area contributed by atoms with E-state index in [1.165, 1.54) is 69.3 Å². The van der Waals surface area contributed by atoms with Crippen LogP contribution in [0.4, 0.5) is 0 Å². The summed E-state index contributed by atoms with van der Waals surface area (Å²) in [5.74, 6) is -11.7. The van der Waals surface area contributed by atoms with E-state index in [0.717, 1.165) is 10.8 Å². The first-order chi connectivity index (χ1) is 53.8. The molecule has 1 unspecified atom stereocenters. The van der Waals surface area contributed by atoms with E-state index in [2.05, 4.69) is 74.1 Å². The molecule has 0 bridgehead atoms. The third-order valence-electron chi connectivity index (χ3n) is 18.5. The number of phenolic OH excluding ortho intramolecular Hbond substituents is 1. The molecule has 11 atom stereocenters. The van der Waals surface area contributed by atoms with Crippen LogP contribution in [0.1, 0.15) is 122 Å². The van der Waals surface area contributed by atoms with Crippen molar-refractivity contribution in [3.63, 3.8) is 0 Å². The normalized spacial score (nSPS) is 15.1. The smallest absolute Gasteiger partial charge is 0.245 e. The largest absolute Gasteiger partial charge is 0.508 e. The first-order valence-corrected chi connectivity index (χ1v) is 37.8. The number of carbonyl (C=O) groups excluding carboxylic acids is 14. The standard InChI is InChI=1S/C78H105ClN18O16/c1-44(2)36-60(70(106)91-59(18-12-33-86-78(81)82)77(113)97-35-13-19-66(97)76(112)87-45(3)67(80)103)92-69(105)57(17-9-10-32-85-68(104)58(88-47(5)100)30-34-84-46(4)99)90-72(108)62(39-50-23-28-56(102)29-24-50)95-75(111)65(43-98)96-74(110)64(41-52-14-11-31-83-42-52)94-73(109)63(38-49-21-26-55(79)27-22-49)93-71(107)61(89-48(6)101)40-51-20-25-53-15-7-8-16-54(53)37-51/h7-8,11,14-16,20-29,31,37,42,44-45,57-66,98,102H,9-10,12-13,17-19,30,32-36,38-41,43H2,1-6H3,(H2,80,103)(H,84,99)(H,85,104)(H,87,112)(H,88,100)(H,89,101)(H,90,108)(H,91,106)(H,92,105)(H,93,107)(H,94,109)(H,95,111)(H,96,110)(H4,81,82,86)/t45-,57-,58?,59+,60+,61-,62+,63-,64-,65+,66+/m1/s1. The Hall–Kier alpha value is -11.8. The van der Waals surface area contributed by atoms with Gasteiger partial charge in [-0.1, -0.05) is 98.2 Å². The number of benzene rings is 4. The van der Waals surface area contributed by atoms with Gasteiger partial charge in [0.1, 0.15) is 72.2 Å². The summed E-state index contributed by atoms with van der Waals surface area (Å²) >= 11 is 6.25. The molecule has 1 aliphatic rings. The highest BCUT2D eigenvalue weighted by molar-refractivity contribution is 6.30. The number of nitrogens with zero attached hydrogens (tertiary/aromatic N) is 2. The Morgan fingerprint density at radius 3 is 1.55 bits per heavy atom. The van der Waals surface area contributed by atoms with Crippen LogP contribution in [0, 0.1) is 11.3 Å². The summed E-state index contributed by atoms with van der Waals surface area (Å²) in [5, 5.41) is 65.7. The van der Waals surface area contributed by atoms with E-state index in [9.17, 15) is 67.7 Å². The summed E-state index contributed by atoms with van der Waals surface area (Å²) < 4.78 is 0. The number of phenols is 1. The zero-order valence-corrected chi connectivity index (χ0v) is 64.9. The highest BCUT2D eigenvalue weighted by Crippen LogP contribution is 2.23. The summed E-state index contributed by atoms with van der Waals surface area (Å²) in [5.41, 5.74) is 12.9. The number of primary amides is 1. The third kappa shape index (κ3) is 30.8. The first-order valence-electron chi connectivity index (χ1n) is 37.4. The fraction of sp³-hybridized carbons (Fsp3) is 0.462. The zero-order chi connectivity index (χ0) is 82.8. The third-order valence-corrected chi connectivity index (χ3v) is 18.7. The van der Waals surface area contributed by atoms with Crippen molar-refractivity contribution in [2.24, 2.45) is 17.4 Å². The quantitative estimate of drug-likeness (QED) is 0.0131. The number of fused-ring (bicyclic) bond motifs is 1. The van der Waals surface area contributed by atoms with Crippen molar-refractivity contribution >= 4 is 111 Å². The van der Waals surface area contributed by atoms with Gasteiger partial charge in [-0.05, 0) is 134 Å².